The number of rotatable bonds is 5. The monoisotopic (exact) mass is 482 g/mol. The number of halogens is 2. The van der Waals surface area contributed by atoms with E-state index in [1.54, 1.807) is 30.3 Å². The first kappa shape index (κ1) is 21.8. The summed E-state index contributed by atoms with van der Waals surface area (Å²) in [4.78, 5) is 4.46. The van der Waals surface area contributed by atoms with Gasteiger partial charge >= 0.3 is 0 Å². The first-order valence-corrected chi connectivity index (χ1v) is 11.2. The number of aliphatic imine (C=N–C) groups is 1. The molecule has 0 saturated carbocycles. The standard InChI is InChI=1S/C28H16Cl2N2O2/c29-20-11-13-22(24(30)15-20)25-14-12-21(33-25)17-32-28-23(16-31)26(18-7-3-1-4-8-18)27(34-28)19-9-5-2-6-10-19/h1-15,17H/b32-17+. The van der Waals surface area contributed by atoms with Crippen LogP contribution in [0.2, 0.25) is 10.0 Å². The molecule has 0 aliphatic heterocycles. The van der Waals surface area contributed by atoms with Crippen LogP contribution >= 0.6 is 23.2 Å². The first-order chi connectivity index (χ1) is 16.6. The summed E-state index contributed by atoms with van der Waals surface area (Å²) < 4.78 is 12.0. The average molecular weight is 483 g/mol. The van der Waals surface area contributed by atoms with Crippen LogP contribution in [-0.2, 0) is 0 Å². The zero-order valence-corrected chi connectivity index (χ0v) is 19.2. The highest BCUT2D eigenvalue weighted by molar-refractivity contribution is 6.36. The molecule has 6 heteroatoms. The van der Waals surface area contributed by atoms with Gasteiger partial charge in [0.25, 0.3) is 0 Å². The number of hydrogen-bond acceptors (Lipinski definition) is 4. The molecular formula is C28H16Cl2N2O2. The molecule has 0 spiro atoms. The summed E-state index contributed by atoms with van der Waals surface area (Å²) in [5.74, 6) is 1.87. The molecule has 3 aromatic carbocycles. The number of hydrogen-bond donors (Lipinski definition) is 0. The summed E-state index contributed by atoms with van der Waals surface area (Å²) in [6, 6.07) is 30.4. The molecule has 0 aliphatic rings. The first-order valence-electron chi connectivity index (χ1n) is 10.4. The predicted molar refractivity (Wildman–Crippen MR) is 136 cm³/mol. The van der Waals surface area contributed by atoms with E-state index < -0.39 is 0 Å². The van der Waals surface area contributed by atoms with Crippen molar-refractivity contribution in [3.63, 3.8) is 0 Å². The van der Waals surface area contributed by atoms with Gasteiger partial charge in [-0.05, 0) is 35.9 Å². The number of benzene rings is 3. The Morgan fingerprint density at radius 3 is 2.18 bits per heavy atom. The van der Waals surface area contributed by atoms with Gasteiger partial charge in [0.05, 0.1) is 11.2 Å². The van der Waals surface area contributed by atoms with Crippen molar-refractivity contribution in [3.8, 4) is 39.8 Å². The van der Waals surface area contributed by atoms with Crippen molar-refractivity contribution >= 4 is 35.3 Å². The Balaban J connectivity index is 1.56. The second kappa shape index (κ2) is 9.44. The molecule has 0 fully saturated rings. The highest BCUT2D eigenvalue weighted by atomic mass is 35.5. The lowest BCUT2D eigenvalue weighted by Gasteiger charge is -2.03. The van der Waals surface area contributed by atoms with E-state index in [9.17, 15) is 5.26 Å². The lowest BCUT2D eigenvalue weighted by Crippen LogP contribution is -1.83. The Hall–Kier alpha value is -4.04. The Bertz CT molecular complexity index is 1530. The highest BCUT2D eigenvalue weighted by Crippen LogP contribution is 2.42. The Morgan fingerprint density at radius 1 is 0.794 bits per heavy atom. The minimum absolute atomic E-state index is 0.211. The van der Waals surface area contributed by atoms with Crippen LogP contribution in [0.3, 0.4) is 0 Å². The van der Waals surface area contributed by atoms with Gasteiger partial charge in [-0.25, -0.2) is 4.99 Å². The Kier molecular flexibility index (Phi) is 6.05. The van der Waals surface area contributed by atoms with Crippen molar-refractivity contribution in [2.24, 2.45) is 4.99 Å². The molecule has 2 heterocycles. The van der Waals surface area contributed by atoms with E-state index in [0.717, 1.165) is 16.7 Å². The fourth-order valence-corrected chi connectivity index (χ4v) is 4.17. The van der Waals surface area contributed by atoms with Crippen molar-refractivity contribution in [1.82, 2.24) is 0 Å². The quantitative estimate of drug-likeness (QED) is 0.235. The topological polar surface area (TPSA) is 62.4 Å². The molecule has 34 heavy (non-hydrogen) atoms. The zero-order valence-electron chi connectivity index (χ0n) is 17.7. The van der Waals surface area contributed by atoms with Gasteiger partial charge in [0.15, 0.2) is 0 Å². The maximum absolute atomic E-state index is 9.99. The molecule has 0 N–H and O–H groups in total. The normalized spacial score (nSPS) is 11.1. The summed E-state index contributed by atoms with van der Waals surface area (Å²) in [6.45, 7) is 0. The van der Waals surface area contributed by atoms with Gasteiger partial charge in [0.2, 0.25) is 5.88 Å². The fraction of sp³-hybridized carbons (Fsp3) is 0. The maximum Gasteiger partial charge on any atom is 0.238 e. The lowest BCUT2D eigenvalue weighted by atomic mass is 9.98. The molecule has 0 saturated heterocycles. The van der Waals surface area contributed by atoms with Crippen molar-refractivity contribution in [3.05, 3.63) is 112 Å². The third-order valence-electron chi connectivity index (χ3n) is 5.23. The third-order valence-corrected chi connectivity index (χ3v) is 5.78. The molecule has 0 bridgehead atoms. The molecule has 4 nitrogen and oxygen atoms in total. The van der Waals surface area contributed by atoms with Crippen LogP contribution in [0.1, 0.15) is 11.3 Å². The fourth-order valence-electron chi connectivity index (χ4n) is 3.67. The van der Waals surface area contributed by atoms with Gasteiger partial charge in [-0.15, -0.1) is 0 Å². The smallest absolute Gasteiger partial charge is 0.238 e. The van der Waals surface area contributed by atoms with E-state index in [1.165, 1.54) is 6.21 Å². The molecule has 5 rings (SSSR count). The van der Waals surface area contributed by atoms with Crippen LogP contribution in [0.4, 0.5) is 5.88 Å². The highest BCUT2D eigenvalue weighted by Gasteiger charge is 2.22. The van der Waals surface area contributed by atoms with Gasteiger partial charge in [-0.3, -0.25) is 0 Å². The summed E-state index contributed by atoms with van der Waals surface area (Å²) in [5, 5.41) is 11.0. The Morgan fingerprint density at radius 2 is 1.50 bits per heavy atom. The van der Waals surface area contributed by atoms with Crippen molar-refractivity contribution in [2.75, 3.05) is 0 Å². The van der Waals surface area contributed by atoms with Crippen molar-refractivity contribution < 1.29 is 8.83 Å². The largest absolute Gasteiger partial charge is 0.455 e. The van der Waals surface area contributed by atoms with Crippen LogP contribution in [-0.4, -0.2) is 6.21 Å². The van der Waals surface area contributed by atoms with Gasteiger partial charge in [0, 0.05) is 21.7 Å². The summed E-state index contributed by atoms with van der Waals surface area (Å²) in [6.07, 6.45) is 1.52. The molecule has 0 radical (unpaired) electrons. The molecule has 0 unspecified atom stereocenters. The van der Waals surface area contributed by atoms with E-state index in [1.807, 2.05) is 60.7 Å². The SMILES string of the molecule is N#Cc1c(/N=C/c2ccc(-c3ccc(Cl)cc3Cl)o2)oc(-c2ccccc2)c1-c1ccccc1. The molecule has 0 amide bonds. The minimum atomic E-state index is 0.211. The van der Waals surface area contributed by atoms with Crippen molar-refractivity contribution in [2.45, 2.75) is 0 Å². The molecule has 0 aliphatic carbocycles. The number of nitrogens with zero attached hydrogens (tertiary/aromatic N) is 2. The molecule has 5 aromatic rings. The van der Waals surface area contributed by atoms with Crippen LogP contribution in [0.5, 0.6) is 0 Å². The molecular weight excluding hydrogens is 467 g/mol. The van der Waals surface area contributed by atoms with Crippen LogP contribution < -0.4 is 0 Å². The molecule has 164 valence electrons. The lowest BCUT2D eigenvalue weighted by molar-refractivity contribution is 0.572. The second-order valence-corrected chi connectivity index (χ2v) is 8.26. The van der Waals surface area contributed by atoms with Gasteiger partial charge in [-0.1, -0.05) is 83.9 Å². The van der Waals surface area contributed by atoms with Gasteiger partial charge in [0.1, 0.15) is 28.9 Å². The summed E-state index contributed by atoms with van der Waals surface area (Å²) in [7, 11) is 0. The molecule has 0 atom stereocenters. The summed E-state index contributed by atoms with van der Waals surface area (Å²) >= 11 is 12.3. The minimum Gasteiger partial charge on any atom is -0.455 e. The average Bonchev–Trinajstić information content (AvgIpc) is 3.48. The van der Waals surface area contributed by atoms with Crippen LogP contribution in [0.15, 0.2) is 105 Å². The maximum atomic E-state index is 9.99. The van der Waals surface area contributed by atoms with E-state index in [2.05, 4.69) is 11.1 Å². The van der Waals surface area contributed by atoms with E-state index in [-0.39, 0.29) is 5.88 Å². The number of furan rings is 2. The van der Waals surface area contributed by atoms with Crippen molar-refractivity contribution in [1.29, 1.82) is 5.26 Å². The molecule has 2 aromatic heterocycles. The van der Waals surface area contributed by atoms with Gasteiger partial charge in [-0.2, -0.15) is 5.26 Å². The van der Waals surface area contributed by atoms with E-state index in [0.29, 0.717) is 38.5 Å². The van der Waals surface area contributed by atoms with E-state index in [4.69, 9.17) is 32.0 Å². The van der Waals surface area contributed by atoms with Gasteiger partial charge < -0.3 is 8.83 Å². The zero-order chi connectivity index (χ0) is 23.5. The Labute approximate surface area is 206 Å². The van der Waals surface area contributed by atoms with Crippen LogP contribution in [0.25, 0.3) is 33.8 Å². The van der Waals surface area contributed by atoms with E-state index >= 15 is 0 Å². The summed E-state index contributed by atoms with van der Waals surface area (Å²) in [5.41, 5.74) is 3.51. The third kappa shape index (κ3) is 4.27. The predicted octanol–water partition coefficient (Wildman–Crippen LogP) is 8.80. The second-order valence-electron chi connectivity index (χ2n) is 7.41. The van der Waals surface area contributed by atoms with Crippen LogP contribution in [0, 0.1) is 11.3 Å². The number of nitriles is 1.